The summed E-state index contributed by atoms with van der Waals surface area (Å²) < 4.78 is 0.955. The molecule has 1 fully saturated rings. The Morgan fingerprint density at radius 3 is 2.44 bits per heavy atom. The molecule has 1 N–H and O–H groups in total. The Morgan fingerprint density at radius 2 is 1.80 bits per heavy atom. The molecule has 1 aliphatic heterocycles. The Morgan fingerprint density at radius 1 is 1.12 bits per heavy atom. The van der Waals surface area contributed by atoms with Crippen molar-refractivity contribution < 1.29 is 9.59 Å². The van der Waals surface area contributed by atoms with Crippen LogP contribution in [0.25, 0.3) is 0 Å². The Hall–Kier alpha value is -2.48. The highest BCUT2D eigenvalue weighted by Crippen LogP contribution is 2.20. The highest BCUT2D eigenvalue weighted by molar-refractivity contribution is 9.10. The molecule has 0 unspecified atom stereocenters. The molecule has 130 valence electrons. The smallest absolute Gasteiger partial charge is 0.313 e. The summed E-state index contributed by atoms with van der Waals surface area (Å²) in [4.78, 5) is 36.5. The topological polar surface area (TPSA) is 78.4 Å². The van der Waals surface area contributed by atoms with Crippen LogP contribution >= 0.6 is 15.9 Å². The zero-order valence-corrected chi connectivity index (χ0v) is 15.4. The van der Waals surface area contributed by atoms with Gasteiger partial charge in [0.1, 0.15) is 0 Å². The molecule has 2 aromatic rings. The first kappa shape index (κ1) is 17.3. The second-order valence-corrected chi connectivity index (χ2v) is 6.60. The van der Waals surface area contributed by atoms with Gasteiger partial charge in [-0.05, 0) is 36.8 Å². The molecule has 0 atom stereocenters. The number of nitrogens with one attached hydrogen (secondary N) is 1. The molecule has 1 saturated heterocycles. The van der Waals surface area contributed by atoms with Gasteiger partial charge in [-0.25, -0.2) is 9.97 Å². The molecule has 3 rings (SSSR count). The van der Waals surface area contributed by atoms with E-state index in [2.05, 4.69) is 31.2 Å². The van der Waals surface area contributed by atoms with E-state index in [1.54, 1.807) is 29.4 Å². The summed E-state index contributed by atoms with van der Waals surface area (Å²) in [5.74, 6) is -0.496. The monoisotopic (exact) mass is 403 g/mol. The fourth-order valence-electron chi connectivity index (χ4n) is 2.61. The van der Waals surface area contributed by atoms with Gasteiger partial charge in [-0.3, -0.25) is 9.59 Å². The maximum atomic E-state index is 12.4. The van der Waals surface area contributed by atoms with Gasteiger partial charge in [0, 0.05) is 48.7 Å². The SMILES string of the molecule is Cc1cc(NC(=O)C(=O)N2CCN(c3ncccn3)CC2)ccc1Br. The van der Waals surface area contributed by atoms with Crippen LogP contribution in [0.15, 0.2) is 41.1 Å². The van der Waals surface area contributed by atoms with Crippen molar-refractivity contribution in [2.45, 2.75) is 6.92 Å². The molecular weight excluding hydrogens is 386 g/mol. The first-order valence-corrected chi connectivity index (χ1v) is 8.72. The summed E-state index contributed by atoms with van der Waals surface area (Å²) in [5, 5.41) is 2.66. The van der Waals surface area contributed by atoms with E-state index in [-0.39, 0.29) is 0 Å². The lowest BCUT2D eigenvalue weighted by molar-refractivity contribution is -0.143. The van der Waals surface area contributed by atoms with Crippen molar-refractivity contribution in [2.24, 2.45) is 0 Å². The molecule has 1 aromatic carbocycles. The lowest BCUT2D eigenvalue weighted by atomic mass is 10.2. The van der Waals surface area contributed by atoms with E-state index >= 15 is 0 Å². The van der Waals surface area contributed by atoms with E-state index in [0.717, 1.165) is 10.0 Å². The number of carbonyl (C=O) groups is 2. The van der Waals surface area contributed by atoms with E-state index in [9.17, 15) is 9.59 Å². The number of benzene rings is 1. The Balaban J connectivity index is 1.56. The number of anilines is 2. The van der Waals surface area contributed by atoms with Crippen LogP contribution in [0.4, 0.5) is 11.6 Å². The predicted molar refractivity (Wildman–Crippen MR) is 98.3 cm³/mol. The molecule has 7 nitrogen and oxygen atoms in total. The number of aromatic nitrogens is 2. The molecule has 0 bridgehead atoms. The Bertz CT molecular complexity index is 776. The van der Waals surface area contributed by atoms with E-state index < -0.39 is 11.8 Å². The molecule has 2 heterocycles. The van der Waals surface area contributed by atoms with Crippen LogP contribution < -0.4 is 10.2 Å². The minimum Gasteiger partial charge on any atom is -0.337 e. The van der Waals surface area contributed by atoms with Gasteiger partial charge in [0.25, 0.3) is 0 Å². The van der Waals surface area contributed by atoms with Crippen molar-refractivity contribution in [3.05, 3.63) is 46.7 Å². The van der Waals surface area contributed by atoms with E-state index in [1.807, 2.05) is 24.0 Å². The Kier molecular flexibility index (Phi) is 5.28. The van der Waals surface area contributed by atoms with Crippen LogP contribution in [0.1, 0.15) is 5.56 Å². The number of rotatable bonds is 2. The lowest BCUT2D eigenvalue weighted by Crippen LogP contribution is -2.52. The third kappa shape index (κ3) is 4.14. The summed E-state index contributed by atoms with van der Waals surface area (Å²) in [7, 11) is 0. The van der Waals surface area contributed by atoms with Gasteiger partial charge >= 0.3 is 11.8 Å². The number of amides is 2. The van der Waals surface area contributed by atoms with Gasteiger partial charge in [-0.1, -0.05) is 15.9 Å². The van der Waals surface area contributed by atoms with Crippen molar-refractivity contribution >= 4 is 39.4 Å². The first-order chi connectivity index (χ1) is 12.0. The third-order valence-electron chi connectivity index (χ3n) is 4.01. The summed E-state index contributed by atoms with van der Waals surface area (Å²) in [6.45, 7) is 4.04. The quantitative estimate of drug-likeness (QED) is 0.773. The highest BCUT2D eigenvalue weighted by atomic mass is 79.9. The number of hydrogen-bond acceptors (Lipinski definition) is 5. The average Bonchev–Trinajstić information content (AvgIpc) is 2.65. The standard InChI is InChI=1S/C17H18BrN5O2/c1-12-11-13(3-4-14(12)18)21-15(24)16(25)22-7-9-23(10-8-22)17-19-5-2-6-20-17/h2-6,11H,7-10H2,1H3,(H,21,24). The molecule has 0 spiro atoms. The largest absolute Gasteiger partial charge is 0.337 e. The summed E-state index contributed by atoms with van der Waals surface area (Å²) in [6.07, 6.45) is 3.38. The van der Waals surface area contributed by atoms with Gasteiger partial charge in [0.05, 0.1) is 0 Å². The predicted octanol–water partition coefficient (Wildman–Crippen LogP) is 1.83. The highest BCUT2D eigenvalue weighted by Gasteiger charge is 2.26. The lowest BCUT2D eigenvalue weighted by Gasteiger charge is -2.34. The average molecular weight is 404 g/mol. The molecule has 0 radical (unpaired) electrons. The van der Waals surface area contributed by atoms with Crippen molar-refractivity contribution in [3.63, 3.8) is 0 Å². The maximum absolute atomic E-state index is 12.4. The molecule has 0 saturated carbocycles. The molecule has 25 heavy (non-hydrogen) atoms. The van der Waals surface area contributed by atoms with Crippen LogP contribution in [0.2, 0.25) is 0 Å². The van der Waals surface area contributed by atoms with Crippen molar-refractivity contribution in [1.82, 2.24) is 14.9 Å². The van der Waals surface area contributed by atoms with Crippen LogP contribution in [0, 0.1) is 6.92 Å². The second-order valence-electron chi connectivity index (χ2n) is 5.75. The van der Waals surface area contributed by atoms with E-state index in [4.69, 9.17) is 0 Å². The van der Waals surface area contributed by atoms with Crippen LogP contribution in [0.3, 0.4) is 0 Å². The van der Waals surface area contributed by atoms with Gasteiger partial charge in [0.15, 0.2) is 0 Å². The zero-order chi connectivity index (χ0) is 17.8. The molecule has 1 aromatic heterocycles. The molecule has 0 aliphatic carbocycles. The molecule has 1 aliphatic rings. The van der Waals surface area contributed by atoms with Crippen molar-refractivity contribution in [2.75, 3.05) is 36.4 Å². The molecule has 8 heteroatoms. The number of hydrogen-bond donors (Lipinski definition) is 1. The number of piperazine rings is 1. The molecule has 2 amide bonds. The number of aryl methyl sites for hydroxylation is 1. The van der Waals surface area contributed by atoms with Crippen LogP contribution in [0.5, 0.6) is 0 Å². The second kappa shape index (κ2) is 7.60. The number of nitrogens with zero attached hydrogens (tertiary/aromatic N) is 4. The van der Waals surface area contributed by atoms with Crippen LogP contribution in [-0.4, -0.2) is 52.9 Å². The summed E-state index contributed by atoms with van der Waals surface area (Å²) >= 11 is 3.41. The number of halogens is 1. The van der Waals surface area contributed by atoms with Gasteiger partial charge in [-0.15, -0.1) is 0 Å². The normalized spacial score (nSPS) is 14.3. The van der Waals surface area contributed by atoms with Gasteiger partial charge < -0.3 is 15.1 Å². The molecular formula is C17H18BrN5O2. The fraction of sp³-hybridized carbons (Fsp3) is 0.294. The summed E-state index contributed by atoms with van der Waals surface area (Å²) in [5.41, 5.74) is 1.59. The minimum atomic E-state index is -0.619. The van der Waals surface area contributed by atoms with E-state index in [1.165, 1.54) is 0 Å². The summed E-state index contributed by atoms with van der Waals surface area (Å²) in [6, 6.07) is 7.18. The van der Waals surface area contributed by atoms with Crippen molar-refractivity contribution in [3.8, 4) is 0 Å². The fourth-order valence-corrected chi connectivity index (χ4v) is 2.86. The maximum Gasteiger partial charge on any atom is 0.313 e. The minimum absolute atomic E-state index is 0.462. The zero-order valence-electron chi connectivity index (χ0n) is 13.8. The van der Waals surface area contributed by atoms with Gasteiger partial charge in [0.2, 0.25) is 5.95 Å². The van der Waals surface area contributed by atoms with Crippen LogP contribution in [-0.2, 0) is 9.59 Å². The first-order valence-electron chi connectivity index (χ1n) is 7.93. The van der Waals surface area contributed by atoms with E-state index in [0.29, 0.717) is 37.8 Å². The van der Waals surface area contributed by atoms with Crippen molar-refractivity contribution in [1.29, 1.82) is 0 Å². The number of carbonyl (C=O) groups excluding carboxylic acids is 2. The Labute approximate surface area is 154 Å². The third-order valence-corrected chi connectivity index (χ3v) is 4.90. The van der Waals surface area contributed by atoms with Gasteiger partial charge in [-0.2, -0.15) is 0 Å².